The number of urea groups is 1. The van der Waals surface area contributed by atoms with Crippen LogP contribution in [-0.4, -0.2) is 35.6 Å². The molecule has 0 aromatic rings. The van der Waals surface area contributed by atoms with Crippen LogP contribution in [0, 0.1) is 5.92 Å². The Bertz CT molecular complexity index is 226. The second kappa shape index (κ2) is 4.84. The molecule has 1 aliphatic carbocycles. The van der Waals surface area contributed by atoms with E-state index in [1.807, 2.05) is 4.90 Å². The number of nitrogens with zero attached hydrogens (tertiary/aromatic N) is 2. The maximum atomic E-state index is 11.7. The molecular weight excluding hydrogens is 190 g/mol. The SMILES string of the molecule is NN1CCCN(CC2CCCCC2)C1=O. The van der Waals surface area contributed by atoms with Crippen molar-refractivity contribution in [2.45, 2.75) is 38.5 Å². The molecule has 1 saturated heterocycles. The zero-order chi connectivity index (χ0) is 10.7. The van der Waals surface area contributed by atoms with Crippen molar-refractivity contribution in [2.75, 3.05) is 19.6 Å². The van der Waals surface area contributed by atoms with Gasteiger partial charge in [0, 0.05) is 19.6 Å². The van der Waals surface area contributed by atoms with Gasteiger partial charge in [0.15, 0.2) is 0 Å². The van der Waals surface area contributed by atoms with Crippen molar-refractivity contribution in [3.63, 3.8) is 0 Å². The van der Waals surface area contributed by atoms with Crippen LogP contribution < -0.4 is 5.84 Å². The minimum absolute atomic E-state index is 0.0202. The topological polar surface area (TPSA) is 49.6 Å². The van der Waals surface area contributed by atoms with Gasteiger partial charge in [0.05, 0.1) is 0 Å². The molecule has 0 radical (unpaired) electrons. The Morgan fingerprint density at radius 2 is 1.87 bits per heavy atom. The first-order valence-corrected chi connectivity index (χ1v) is 6.08. The fourth-order valence-electron chi connectivity index (χ4n) is 2.66. The maximum absolute atomic E-state index is 11.7. The van der Waals surface area contributed by atoms with E-state index in [0.717, 1.165) is 19.5 Å². The van der Waals surface area contributed by atoms with Gasteiger partial charge in [-0.2, -0.15) is 0 Å². The summed E-state index contributed by atoms with van der Waals surface area (Å²) in [5.41, 5.74) is 0. The highest BCUT2D eigenvalue weighted by molar-refractivity contribution is 5.74. The number of hydrogen-bond donors (Lipinski definition) is 1. The molecule has 4 heteroatoms. The number of amides is 2. The number of carbonyl (C=O) groups is 1. The molecule has 0 aromatic heterocycles. The molecule has 2 fully saturated rings. The van der Waals surface area contributed by atoms with E-state index in [0.29, 0.717) is 12.5 Å². The Hall–Kier alpha value is -0.770. The number of rotatable bonds is 2. The number of carbonyl (C=O) groups excluding carboxylic acids is 1. The van der Waals surface area contributed by atoms with E-state index in [1.54, 1.807) is 0 Å². The molecular formula is C11H21N3O. The molecule has 1 saturated carbocycles. The van der Waals surface area contributed by atoms with Gasteiger partial charge in [-0.1, -0.05) is 19.3 Å². The second-order valence-corrected chi connectivity index (χ2v) is 4.78. The summed E-state index contributed by atoms with van der Waals surface area (Å²) in [6.07, 6.45) is 7.61. The van der Waals surface area contributed by atoms with Crippen LogP contribution in [0.25, 0.3) is 0 Å². The number of nitrogens with two attached hydrogens (primary N) is 1. The molecule has 0 aromatic carbocycles. The minimum Gasteiger partial charge on any atom is -0.323 e. The lowest BCUT2D eigenvalue weighted by molar-refractivity contribution is 0.116. The van der Waals surface area contributed by atoms with E-state index in [-0.39, 0.29) is 6.03 Å². The summed E-state index contributed by atoms with van der Waals surface area (Å²) >= 11 is 0. The zero-order valence-electron chi connectivity index (χ0n) is 9.32. The maximum Gasteiger partial charge on any atom is 0.334 e. The van der Waals surface area contributed by atoms with Crippen molar-refractivity contribution in [3.8, 4) is 0 Å². The molecule has 0 bridgehead atoms. The minimum atomic E-state index is 0.0202. The van der Waals surface area contributed by atoms with Gasteiger partial charge in [-0.3, -0.25) is 5.01 Å². The molecule has 0 spiro atoms. The second-order valence-electron chi connectivity index (χ2n) is 4.78. The molecule has 4 nitrogen and oxygen atoms in total. The van der Waals surface area contributed by atoms with Crippen LogP contribution in [-0.2, 0) is 0 Å². The summed E-state index contributed by atoms with van der Waals surface area (Å²) in [6, 6.07) is 0.0202. The average molecular weight is 211 g/mol. The molecule has 2 N–H and O–H groups in total. The van der Waals surface area contributed by atoms with Gasteiger partial charge < -0.3 is 4.90 Å². The summed E-state index contributed by atoms with van der Waals surface area (Å²) in [6.45, 7) is 2.52. The van der Waals surface area contributed by atoms with Crippen LogP contribution in [0.2, 0.25) is 0 Å². The van der Waals surface area contributed by atoms with Gasteiger partial charge in [0.25, 0.3) is 0 Å². The molecule has 1 heterocycles. The van der Waals surface area contributed by atoms with Gasteiger partial charge >= 0.3 is 6.03 Å². The predicted molar refractivity (Wildman–Crippen MR) is 59.1 cm³/mol. The van der Waals surface area contributed by atoms with E-state index >= 15 is 0 Å². The van der Waals surface area contributed by atoms with Crippen molar-refractivity contribution in [1.82, 2.24) is 9.91 Å². The van der Waals surface area contributed by atoms with Gasteiger partial charge in [-0.25, -0.2) is 10.6 Å². The third kappa shape index (κ3) is 2.62. The number of hydrazine groups is 1. The molecule has 15 heavy (non-hydrogen) atoms. The van der Waals surface area contributed by atoms with E-state index in [1.165, 1.54) is 37.1 Å². The largest absolute Gasteiger partial charge is 0.334 e. The van der Waals surface area contributed by atoms with Crippen molar-refractivity contribution in [1.29, 1.82) is 0 Å². The van der Waals surface area contributed by atoms with Crippen LogP contribution in [0.15, 0.2) is 0 Å². The average Bonchev–Trinajstić information content (AvgIpc) is 2.26. The third-order valence-corrected chi connectivity index (χ3v) is 3.55. The number of hydrogen-bond acceptors (Lipinski definition) is 2. The standard InChI is InChI=1S/C11H21N3O/c12-14-8-4-7-13(11(14)15)9-10-5-2-1-3-6-10/h10H,1-9,12H2. The first kappa shape index (κ1) is 10.7. The van der Waals surface area contributed by atoms with Gasteiger partial charge in [-0.15, -0.1) is 0 Å². The summed E-state index contributed by atoms with van der Waals surface area (Å²) in [4.78, 5) is 13.7. The first-order chi connectivity index (χ1) is 7.27. The highest BCUT2D eigenvalue weighted by atomic mass is 16.2. The van der Waals surface area contributed by atoms with E-state index in [2.05, 4.69) is 0 Å². The third-order valence-electron chi connectivity index (χ3n) is 3.55. The van der Waals surface area contributed by atoms with Crippen LogP contribution in [0.4, 0.5) is 4.79 Å². The van der Waals surface area contributed by atoms with E-state index in [4.69, 9.17) is 5.84 Å². The van der Waals surface area contributed by atoms with Crippen molar-refractivity contribution >= 4 is 6.03 Å². The lowest BCUT2D eigenvalue weighted by atomic mass is 9.89. The Kier molecular flexibility index (Phi) is 3.46. The van der Waals surface area contributed by atoms with Gasteiger partial charge in [0.2, 0.25) is 0 Å². The predicted octanol–water partition coefficient (Wildman–Crippen LogP) is 1.57. The zero-order valence-corrected chi connectivity index (χ0v) is 9.32. The molecule has 0 unspecified atom stereocenters. The smallest absolute Gasteiger partial charge is 0.323 e. The fourth-order valence-corrected chi connectivity index (χ4v) is 2.66. The molecule has 2 aliphatic rings. The van der Waals surface area contributed by atoms with Crippen LogP contribution in [0.1, 0.15) is 38.5 Å². The molecule has 2 rings (SSSR count). The molecule has 1 aliphatic heterocycles. The summed E-state index contributed by atoms with van der Waals surface area (Å²) in [5, 5.41) is 1.35. The normalized spacial score (nSPS) is 24.7. The van der Waals surface area contributed by atoms with Crippen LogP contribution in [0.5, 0.6) is 0 Å². The lowest BCUT2D eigenvalue weighted by Gasteiger charge is -2.35. The molecule has 2 amide bonds. The van der Waals surface area contributed by atoms with Crippen molar-refractivity contribution in [2.24, 2.45) is 11.8 Å². The summed E-state index contributed by atoms with van der Waals surface area (Å²) in [5.74, 6) is 6.33. The molecule has 0 atom stereocenters. The van der Waals surface area contributed by atoms with Gasteiger partial charge in [-0.05, 0) is 25.2 Å². The van der Waals surface area contributed by atoms with Crippen molar-refractivity contribution < 1.29 is 4.79 Å². The highest BCUT2D eigenvalue weighted by Gasteiger charge is 2.26. The van der Waals surface area contributed by atoms with Crippen LogP contribution in [0.3, 0.4) is 0 Å². The Morgan fingerprint density at radius 3 is 2.60 bits per heavy atom. The highest BCUT2D eigenvalue weighted by Crippen LogP contribution is 2.25. The summed E-state index contributed by atoms with van der Waals surface area (Å²) < 4.78 is 0. The van der Waals surface area contributed by atoms with E-state index in [9.17, 15) is 4.79 Å². The summed E-state index contributed by atoms with van der Waals surface area (Å²) in [7, 11) is 0. The lowest BCUT2D eigenvalue weighted by Crippen LogP contribution is -2.53. The Morgan fingerprint density at radius 1 is 1.13 bits per heavy atom. The van der Waals surface area contributed by atoms with Crippen molar-refractivity contribution in [3.05, 3.63) is 0 Å². The fraction of sp³-hybridized carbons (Fsp3) is 0.909. The Balaban J connectivity index is 1.84. The monoisotopic (exact) mass is 211 g/mol. The van der Waals surface area contributed by atoms with E-state index < -0.39 is 0 Å². The quantitative estimate of drug-likeness (QED) is 0.556. The van der Waals surface area contributed by atoms with Crippen LogP contribution >= 0.6 is 0 Å². The molecule has 86 valence electrons. The van der Waals surface area contributed by atoms with Gasteiger partial charge in [0.1, 0.15) is 0 Å². The first-order valence-electron chi connectivity index (χ1n) is 6.08. The Labute approximate surface area is 91.4 Å².